The fourth-order valence-corrected chi connectivity index (χ4v) is 2.39. The molecule has 0 aliphatic carbocycles. The molecule has 0 N–H and O–H groups in total. The van der Waals surface area contributed by atoms with Gasteiger partial charge in [0.05, 0.1) is 6.61 Å². The lowest BCUT2D eigenvalue weighted by atomic mass is 10.7. The Kier molecular flexibility index (Phi) is 6.76. The Labute approximate surface area is 69.2 Å². The van der Waals surface area contributed by atoms with E-state index in [1.165, 1.54) is 0 Å². The van der Waals surface area contributed by atoms with E-state index in [2.05, 4.69) is 18.5 Å². The molecule has 0 saturated heterocycles. The number of rotatable bonds is 5. The van der Waals surface area contributed by atoms with Crippen molar-refractivity contribution in [1.82, 2.24) is 4.67 Å². The largest absolute Gasteiger partial charge is 0.332 e. The van der Waals surface area contributed by atoms with Gasteiger partial charge >= 0.3 is 0 Å². The van der Waals surface area contributed by atoms with Gasteiger partial charge in [0, 0.05) is 13.1 Å². The van der Waals surface area contributed by atoms with Crippen LogP contribution in [0.5, 0.6) is 0 Å². The summed E-state index contributed by atoms with van der Waals surface area (Å²) >= 11 is 5.92. The van der Waals surface area contributed by atoms with Gasteiger partial charge in [-0.05, 0) is 18.2 Å². The molecule has 0 aliphatic rings. The number of halogens is 1. The molecule has 0 fully saturated rings. The van der Waals surface area contributed by atoms with Crippen molar-refractivity contribution < 1.29 is 4.52 Å². The molecule has 1 atom stereocenters. The van der Waals surface area contributed by atoms with E-state index in [0.29, 0.717) is 6.61 Å². The van der Waals surface area contributed by atoms with Gasteiger partial charge in [-0.3, -0.25) is 0 Å². The van der Waals surface area contributed by atoms with Crippen LogP contribution in [0.2, 0.25) is 0 Å². The first-order valence-corrected chi connectivity index (χ1v) is 5.71. The van der Waals surface area contributed by atoms with Gasteiger partial charge in [0.15, 0.2) is 0 Å². The van der Waals surface area contributed by atoms with E-state index in [1.54, 1.807) is 0 Å². The molecule has 62 valence electrons. The lowest BCUT2D eigenvalue weighted by molar-refractivity contribution is 0.340. The van der Waals surface area contributed by atoms with E-state index < -0.39 is 7.65 Å². The van der Waals surface area contributed by atoms with Crippen LogP contribution in [0.1, 0.15) is 20.8 Å². The average molecular weight is 184 g/mol. The van der Waals surface area contributed by atoms with Crippen LogP contribution in [0.25, 0.3) is 0 Å². The molecule has 0 aromatic rings. The molecule has 0 rings (SSSR count). The summed E-state index contributed by atoms with van der Waals surface area (Å²) in [6, 6.07) is 0. The van der Waals surface area contributed by atoms with Crippen LogP contribution in [-0.4, -0.2) is 24.4 Å². The van der Waals surface area contributed by atoms with Crippen molar-refractivity contribution in [2.75, 3.05) is 19.7 Å². The maximum Gasteiger partial charge on any atom is 0.206 e. The maximum absolute atomic E-state index is 5.92. The predicted octanol–water partition coefficient (Wildman–Crippen LogP) is 2.83. The molecule has 10 heavy (non-hydrogen) atoms. The van der Waals surface area contributed by atoms with Gasteiger partial charge in [-0.2, -0.15) is 0 Å². The summed E-state index contributed by atoms with van der Waals surface area (Å²) in [5.74, 6) is 0. The minimum Gasteiger partial charge on any atom is -0.332 e. The van der Waals surface area contributed by atoms with Crippen LogP contribution in [0.4, 0.5) is 0 Å². The maximum atomic E-state index is 5.92. The molecule has 0 aliphatic heterocycles. The van der Waals surface area contributed by atoms with Crippen molar-refractivity contribution in [1.29, 1.82) is 0 Å². The second-order valence-corrected chi connectivity index (χ2v) is 3.93. The number of hydrogen-bond acceptors (Lipinski definition) is 2. The number of hydrogen-bond donors (Lipinski definition) is 0. The zero-order chi connectivity index (χ0) is 7.98. The molecule has 4 heteroatoms. The van der Waals surface area contributed by atoms with Crippen LogP contribution in [0.15, 0.2) is 0 Å². The minimum atomic E-state index is -0.839. The molecular weight excluding hydrogens is 168 g/mol. The van der Waals surface area contributed by atoms with Crippen LogP contribution < -0.4 is 0 Å². The van der Waals surface area contributed by atoms with Crippen molar-refractivity contribution in [2.45, 2.75) is 20.8 Å². The van der Waals surface area contributed by atoms with E-state index in [1.807, 2.05) is 6.92 Å². The lowest BCUT2D eigenvalue weighted by Gasteiger charge is -2.21. The standard InChI is InChI=1S/C6H15ClNOP/c1-4-8(5-2)10(7)9-6-3/h4-6H2,1-3H3. The second-order valence-electron chi connectivity index (χ2n) is 1.78. The summed E-state index contributed by atoms with van der Waals surface area (Å²) in [6.45, 7) is 8.75. The van der Waals surface area contributed by atoms with Crippen molar-refractivity contribution >= 4 is 18.9 Å². The molecular formula is C6H15ClNOP. The van der Waals surface area contributed by atoms with Gasteiger partial charge in [-0.1, -0.05) is 13.8 Å². The fourth-order valence-electron chi connectivity index (χ4n) is 0.634. The Morgan fingerprint density at radius 3 is 2.10 bits per heavy atom. The normalized spacial score (nSPS) is 14.1. The summed E-state index contributed by atoms with van der Waals surface area (Å²) in [5.41, 5.74) is 0. The molecule has 0 aromatic carbocycles. The molecule has 1 unspecified atom stereocenters. The third-order valence-electron chi connectivity index (χ3n) is 1.19. The molecule has 0 heterocycles. The summed E-state index contributed by atoms with van der Waals surface area (Å²) in [5, 5.41) is 0. The zero-order valence-electron chi connectivity index (χ0n) is 6.80. The zero-order valence-corrected chi connectivity index (χ0v) is 8.45. The van der Waals surface area contributed by atoms with Gasteiger partial charge in [0.1, 0.15) is 0 Å². The smallest absolute Gasteiger partial charge is 0.206 e. The van der Waals surface area contributed by atoms with E-state index in [-0.39, 0.29) is 0 Å². The molecule has 0 spiro atoms. The summed E-state index contributed by atoms with van der Waals surface area (Å²) in [7, 11) is -0.839. The first-order valence-electron chi connectivity index (χ1n) is 3.59. The molecule has 0 bridgehead atoms. The molecule has 0 saturated carbocycles. The first-order chi connectivity index (χ1) is 4.76. The van der Waals surface area contributed by atoms with Crippen LogP contribution in [0.3, 0.4) is 0 Å². The van der Waals surface area contributed by atoms with E-state index in [0.717, 1.165) is 13.1 Å². The summed E-state index contributed by atoms with van der Waals surface area (Å²) < 4.78 is 7.35. The number of nitrogens with zero attached hydrogens (tertiary/aromatic N) is 1. The van der Waals surface area contributed by atoms with Crippen molar-refractivity contribution in [3.8, 4) is 0 Å². The Balaban J connectivity index is 3.53. The monoisotopic (exact) mass is 183 g/mol. The van der Waals surface area contributed by atoms with Crippen LogP contribution in [0, 0.1) is 0 Å². The molecule has 0 aromatic heterocycles. The summed E-state index contributed by atoms with van der Waals surface area (Å²) in [6.07, 6.45) is 0. The second kappa shape index (κ2) is 6.36. The Morgan fingerprint density at radius 2 is 1.80 bits per heavy atom. The third-order valence-corrected chi connectivity index (χ3v) is 3.60. The van der Waals surface area contributed by atoms with E-state index >= 15 is 0 Å². The molecule has 0 radical (unpaired) electrons. The summed E-state index contributed by atoms with van der Waals surface area (Å²) in [4.78, 5) is 0. The van der Waals surface area contributed by atoms with E-state index in [9.17, 15) is 0 Å². The van der Waals surface area contributed by atoms with Crippen molar-refractivity contribution in [2.24, 2.45) is 0 Å². The highest BCUT2D eigenvalue weighted by Crippen LogP contribution is 2.45. The van der Waals surface area contributed by atoms with Gasteiger partial charge < -0.3 is 4.52 Å². The highest BCUT2D eigenvalue weighted by atomic mass is 35.7. The van der Waals surface area contributed by atoms with Gasteiger partial charge in [-0.25, -0.2) is 4.67 Å². The quantitative estimate of drug-likeness (QED) is 0.608. The van der Waals surface area contributed by atoms with Gasteiger partial charge in [0.25, 0.3) is 0 Å². The third kappa shape index (κ3) is 3.72. The lowest BCUT2D eigenvalue weighted by Crippen LogP contribution is -2.15. The Bertz CT molecular complexity index is 80.1. The SMILES string of the molecule is CCOP(Cl)N(CC)CC. The van der Waals surface area contributed by atoms with Crippen LogP contribution in [-0.2, 0) is 4.52 Å². The Hall–Kier alpha value is 0.640. The van der Waals surface area contributed by atoms with Crippen molar-refractivity contribution in [3.05, 3.63) is 0 Å². The average Bonchev–Trinajstić information content (AvgIpc) is 1.91. The fraction of sp³-hybridized carbons (Fsp3) is 1.00. The van der Waals surface area contributed by atoms with Gasteiger partial charge in [0.2, 0.25) is 7.65 Å². The predicted molar refractivity (Wildman–Crippen MR) is 47.3 cm³/mol. The highest BCUT2D eigenvalue weighted by molar-refractivity contribution is 7.78. The first kappa shape index (κ1) is 10.6. The Morgan fingerprint density at radius 1 is 1.30 bits per heavy atom. The topological polar surface area (TPSA) is 12.5 Å². The minimum absolute atomic E-state index is 0.700. The van der Waals surface area contributed by atoms with Crippen molar-refractivity contribution in [3.63, 3.8) is 0 Å². The molecule has 2 nitrogen and oxygen atoms in total. The highest BCUT2D eigenvalue weighted by Gasteiger charge is 2.11. The van der Waals surface area contributed by atoms with Gasteiger partial charge in [-0.15, -0.1) is 0 Å². The van der Waals surface area contributed by atoms with E-state index in [4.69, 9.17) is 15.8 Å². The molecule has 0 amide bonds. The van der Waals surface area contributed by atoms with Crippen LogP contribution >= 0.6 is 18.9 Å².